The van der Waals surface area contributed by atoms with E-state index in [0.717, 1.165) is 49.2 Å². The van der Waals surface area contributed by atoms with Crippen LogP contribution in [0.2, 0.25) is 0 Å². The second-order valence-corrected chi connectivity index (χ2v) is 15.4. The average Bonchev–Trinajstić information content (AvgIpc) is 3.53. The van der Waals surface area contributed by atoms with Crippen molar-refractivity contribution in [2.45, 2.75) is 136 Å². The third-order valence-electron chi connectivity index (χ3n) is 13.1. The lowest BCUT2D eigenvalue weighted by Gasteiger charge is -2.54. The molecule has 3 nitrogen and oxygen atoms in total. The van der Waals surface area contributed by atoms with E-state index in [1.807, 2.05) is 6.20 Å². The minimum absolute atomic E-state index is 0.199. The number of pyridine rings is 1. The van der Waals surface area contributed by atoms with Crippen LogP contribution in [0.15, 0.2) is 18.3 Å². The van der Waals surface area contributed by atoms with Gasteiger partial charge in [0.1, 0.15) is 0 Å². The smallest absolute Gasteiger partial charge is 0.0614 e. The van der Waals surface area contributed by atoms with Crippen molar-refractivity contribution in [1.82, 2.24) is 4.98 Å². The Morgan fingerprint density at radius 2 is 1.39 bits per heavy atom. The molecule has 0 radical (unpaired) electrons. The third kappa shape index (κ3) is 4.91. The lowest BCUT2D eigenvalue weighted by atomic mass is 9.53. The molecule has 1 aromatic heterocycles. The number of fused-ring (bicyclic) bond motifs is 4. The van der Waals surface area contributed by atoms with Crippen LogP contribution in [0.1, 0.15) is 122 Å². The largest absolute Gasteiger partial charge is 0.378 e. The van der Waals surface area contributed by atoms with Gasteiger partial charge in [-0.2, -0.15) is 0 Å². The fourth-order valence-corrected chi connectivity index (χ4v) is 10.3. The van der Waals surface area contributed by atoms with Crippen LogP contribution >= 0.6 is 0 Å². The van der Waals surface area contributed by atoms with Crippen molar-refractivity contribution >= 4 is 0 Å². The number of rotatable bonds is 2. The molecular formula is C35H55NO2. The van der Waals surface area contributed by atoms with E-state index in [4.69, 9.17) is 9.47 Å². The SMILES string of the molecule is CC1CCOC2CC(C)(C34CCC(CC3)C4)CCC12.Cc1ccnc(C2(C)CCC3C(C)CCOC3C2)c1. The Bertz CT molecular complexity index is 968. The molecule has 8 unspecified atom stereocenters. The molecular weight excluding hydrogens is 466 g/mol. The second kappa shape index (κ2) is 10.5. The van der Waals surface area contributed by atoms with Gasteiger partial charge in [0.25, 0.3) is 0 Å². The topological polar surface area (TPSA) is 31.4 Å². The van der Waals surface area contributed by atoms with E-state index in [9.17, 15) is 0 Å². The van der Waals surface area contributed by atoms with Crippen molar-refractivity contribution in [3.8, 4) is 0 Å². The molecule has 2 saturated heterocycles. The summed E-state index contributed by atoms with van der Waals surface area (Å²) in [5.41, 5.74) is 4.08. The number of nitrogens with zero attached hydrogens (tertiary/aromatic N) is 1. The van der Waals surface area contributed by atoms with Gasteiger partial charge in [-0.1, -0.05) is 27.7 Å². The van der Waals surface area contributed by atoms with E-state index in [1.54, 1.807) is 6.42 Å². The van der Waals surface area contributed by atoms with Crippen LogP contribution in [0.5, 0.6) is 0 Å². The highest BCUT2D eigenvalue weighted by Crippen LogP contribution is 2.67. The second-order valence-electron chi connectivity index (χ2n) is 15.4. The highest BCUT2D eigenvalue weighted by Gasteiger charge is 2.58. The van der Waals surface area contributed by atoms with Gasteiger partial charge in [0.15, 0.2) is 0 Å². The fraction of sp³-hybridized carbons (Fsp3) is 0.857. The molecule has 38 heavy (non-hydrogen) atoms. The van der Waals surface area contributed by atoms with Crippen LogP contribution < -0.4 is 0 Å². The lowest BCUT2D eigenvalue weighted by Crippen LogP contribution is -2.49. The average molecular weight is 522 g/mol. The number of aromatic nitrogens is 1. The van der Waals surface area contributed by atoms with E-state index in [-0.39, 0.29) is 5.41 Å². The first-order valence-corrected chi connectivity index (χ1v) is 16.4. The zero-order valence-corrected chi connectivity index (χ0v) is 25.1. The number of ether oxygens (including phenoxy) is 2. The molecule has 6 fully saturated rings. The highest BCUT2D eigenvalue weighted by atomic mass is 16.5. The van der Waals surface area contributed by atoms with Crippen LogP contribution in [0, 0.1) is 47.3 Å². The molecule has 3 heterocycles. The molecule has 2 bridgehead atoms. The standard InChI is InChI=1S/C18H30O.C17H25NO/c1-13-6-10-19-16-12-17(2,7-5-15(13)16)18-8-3-14(11-18)4-9-18;1-12-5-8-18-16(10-12)17(3)7-4-14-13(2)6-9-19-15(14)11-17/h13-16H,3-12H2,1-2H3;5,8,10,13-15H,4,6-7,9,11H2,1-3H3. The van der Waals surface area contributed by atoms with Crippen LogP contribution in [0.4, 0.5) is 0 Å². The van der Waals surface area contributed by atoms with E-state index in [2.05, 4.69) is 51.7 Å². The Kier molecular flexibility index (Phi) is 7.51. The van der Waals surface area contributed by atoms with Gasteiger partial charge in [0.05, 0.1) is 12.2 Å². The molecule has 0 amide bonds. The summed E-state index contributed by atoms with van der Waals surface area (Å²) in [5, 5.41) is 0. The van der Waals surface area contributed by atoms with Crippen LogP contribution in [-0.2, 0) is 14.9 Å². The minimum Gasteiger partial charge on any atom is -0.378 e. The number of hydrogen-bond acceptors (Lipinski definition) is 3. The monoisotopic (exact) mass is 521 g/mol. The number of aryl methyl sites for hydroxylation is 1. The van der Waals surface area contributed by atoms with Gasteiger partial charge < -0.3 is 9.47 Å². The van der Waals surface area contributed by atoms with Gasteiger partial charge in [-0.05, 0) is 149 Å². The first-order valence-electron chi connectivity index (χ1n) is 16.4. The first-order chi connectivity index (χ1) is 18.2. The molecule has 3 heteroatoms. The quantitative estimate of drug-likeness (QED) is 0.390. The van der Waals surface area contributed by atoms with E-state index >= 15 is 0 Å². The maximum atomic E-state index is 6.21. The van der Waals surface area contributed by atoms with Crippen LogP contribution in [0.3, 0.4) is 0 Å². The Morgan fingerprint density at radius 1 is 0.763 bits per heavy atom. The predicted molar refractivity (Wildman–Crippen MR) is 155 cm³/mol. The number of hydrogen-bond donors (Lipinski definition) is 0. The zero-order valence-electron chi connectivity index (χ0n) is 25.1. The van der Waals surface area contributed by atoms with Gasteiger partial charge in [-0.15, -0.1) is 0 Å². The maximum absolute atomic E-state index is 6.21. The zero-order chi connectivity index (χ0) is 26.5. The molecule has 4 aliphatic carbocycles. The van der Waals surface area contributed by atoms with Gasteiger partial charge >= 0.3 is 0 Å². The summed E-state index contributed by atoms with van der Waals surface area (Å²) in [4.78, 5) is 4.64. The highest BCUT2D eigenvalue weighted by molar-refractivity contribution is 5.23. The summed E-state index contributed by atoms with van der Waals surface area (Å²) in [6.45, 7) is 14.0. The predicted octanol–water partition coefficient (Wildman–Crippen LogP) is 8.67. The lowest BCUT2D eigenvalue weighted by molar-refractivity contribution is -0.130. The van der Waals surface area contributed by atoms with Crippen molar-refractivity contribution < 1.29 is 9.47 Å². The molecule has 6 aliphatic rings. The summed E-state index contributed by atoms with van der Waals surface area (Å²) in [7, 11) is 0. The molecule has 7 rings (SSSR count). The molecule has 4 saturated carbocycles. The third-order valence-corrected chi connectivity index (χ3v) is 13.1. The van der Waals surface area contributed by atoms with Gasteiger partial charge in [0.2, 0.25) is 0 Å². The fourth-order valence-electron chi connectivity index (χ4n) is 10.3. The molecule has 0 spiro atoms. The maximum Gasteiger partial charge on any atom is 0.0614 e. The Balaban J connectivity index is 0.000000139. The van der Waals surface area contributed by atoms with E-state index in [0.29, 0.717) is 23.0 Å². The molecule has 0 N–H and O–H groups in total. The van der Waals surface area contributed by atoms with Crippen LogP contribution in [-0.4, -0.2) is 30.4 Å². The molecule has 2 aliphatic heterocycles. The van der Waals surface area contributed by atoms with Crippen molar-refractivity contribution in [2.75, 3.05) is 13.2 Å². The summed E-state index contributed by atoms with van der Waals surface area (Å²) < 4.78 is 12.3. The minimum atomic E-state index is 0.199. The van der Waals surface area contributed by atoms with E-state index in [1.165, 1.54) is 81.9 Å². The Morgan fingerprint density at radius 3 is 2.00 bits per heavy atom. The van der Waals surface area contributed by atoms with E-state index < -0.39 is 0 Å². The Labute approximate surface area is 233 Å². The van der Waals surface area contributed by atoms with Gasteiger partial charge in [-0.3, -0.25) is 4.98 Å². The molecule has 8 atom stereocenters. The Hall–Kier alpha value is -0.930. The van der Waals surface area contributed by atoms with Crippen molar-refractivity contribution in [1.29, 1.82) is 0 Å². The first kappa shape index (κ1) is 27.3. The van der Waals surface area contributed by atoms with Crippen LogP contribution in [0.25, 0.3) is 0 Å². The summed E-state index contributed by atoms with van der Waals surface area (Å²) in [5.74, 6) is 4.46. The van der Waals surface area contributed by atoms with Gasteiger partial charge in [0, 0.05) is 30.5 Å². The van der Waals surface area contributed by atoms with Gasteiger partial charge in [-0.25, -0.2) is 0 Å². The summed E-state index contributed by atoms with van der Waals surface area (Å²) in [6.07, 6.45) is 21.2. The summed E-state index contributed by atoms with van der Waals surface area (Å²) >= 11 is 0. The normalized spacial score (nSPS) is 48.0. The van der Waals surface area contributed by atoms with Crippen molar-refractivity contribution in [2.24, 2.45) is 40.4 Å². The van der Waals surface area contributed by atoms with Crippen molar-refractivity contribution in [3.05, 3.63) is 29.6 Å². The molecule has 1 aromatic rings. The summed E-state index contributed by atoms with van der Waals surface area (Å²) in [6, 6.07) is 4.34. The molecule has 0 aromatic carbocycles. The van der Waals surface area contributed by atoms with Crippen molar-refractivity contribution in [3.63, 3.8) is 0 Å². The molecule has 212 valence electrons.